The lowest BCUT2D eigenvalue weighted by molar-refractivity contribution is -0.120. The van der Waals surface area contributed by atoms with Crippen LogP contribution < -0.4 is 5.32 Å². The quantitative estimate of drug-likeness (QED) is 0.684. The average Bonchev–Trinajstić information content (AvgIpc) is 3.05. The Morgan fingerprint density at radius 1 is 1.08 bits per heavy atom. The summed E-state index contributed by atoms with van der Waals surface area (Å²) >= 11 is 0. The molecule has 0 spiro atoms. The molecule has 4 nitrogen and oxygen atoms in total. The Morgan fingerprint density at radius 3 is 2.62 bits per heavy atom. The molecule has 136 valence electrons. The molecule has 0 atom stereocenters. The predicted molar refractivity (Wildman–Crippen MR) is 103 cm³/mol. The van der Waals surface area contributed by atoms with Crippen LogP contribution in [0.1, 0.15) is 34.7 Å². The fraction of sp³-hybridized carbons (Fsp3) is 0.318. The molecular formula is C22H25NO3. The van der Waals surface area contributed by atoms with Gasteiger partial charge in [-0.1, -0.05) is 36.4 Å². The zero-order valence-corrected chi connectivity index (χ0v) is 15.6. The van der Waals surface area contributed by atoms with Crippen molar-refractivity contribution in [2.75, 3.05) is 6.61 Å². The lowest BCUT2D eigenvalue weighted by Crippen LogP contribution is -2.25. The lowest BCUT2D eigenvalue weighted by Gasteiger charge is -2.10. The normalized spacial score (nSPS) is 11.0. The van der Waals surface area contributed by atoms with Crippen LogP contribution >= 0.6 is 0 Å². The summed E-state index contributed by atoms with van der Waals surface area (Å²) in [6.45, 7) is 7.81. The van der Waals surface area contributed by atoms with Crippen LogP contribution in [0.3, 0.4) is 0 Å². The summed E-state index contributed by atoms with van der Waals surface area (Å²) in [5.74, 6) is -0.0165. The van der Waals surface area contributed by atoms with Crippen molar-refractivity contribution in [3.8, 4) is 0 Å². The summed E-state index contributed by atoms with van der Waals surface area (Å²) in [4.78, 5) is 12.4. The first kappa shape index (κ1) is 18.2. The van der Waals surface area contributed by atoms with Gasteiger partial charge < -0.3 is 14.5 Å². The molecule has 0 saturated carbocycles. The SMILES string of the molecule is CCOCc1ccccc1CNC(=O)Cc1coc2c(C)c(C)ccc12. The van der Waals surface area contributed by atoms with Crippen molar-refractivity contribution < 1.29 is 13.9 Å². The molecule has 3 rings (SSSR count). The Morgan fingerprint density at radius 2 is 1.85 bits per heavy atom. The second-order valence-electron chi connectivity index (χ2n) is 6.50. The van der Waals surface area contributed by atoms with E-state index in [9.17, 15) is 4.79 Å². The molecule has 0 saturated heterocycles. The van der Waals surface area contributed by atoms with Gasteiger partial charge in [0, 0.05) is 24.1 Å². The number of rotatable bonds is 7. The third-order valence-corrected chi connectivity index (χ3v) is 4.75. The number of nitrogens with one attached hydrogen (secondary N) is 1. The molecule has 0 bridgehead atoms. The molecule has 0 fully saturated rings. The van der Waals surface area contributed by atoms with E-state index >= 15 is 0 Å². The molecular weight excluding hydrogens is 326 g/mol. The molecule has 1 aromatic heterocycles. The van der Waals surface area contributed by atoms with Crippen LogP contribution in [0.4, 0.5) is 0 Å². The number of amides is 1. The van der Waals surface area contributed by atoms with Gasteiger partial charge in [0.05, 0.1) is 19.3 Å². The minimum atomic E-state index is -0.0165. The highest BCUT2D eigenvalue weighted by Gasteiger charge is 2.13. The van der Waals surface area contributed by atoms with Gasteiger partial charge in [0.25, 0.3) is 0 Å². The number of fused-ring (bicyclic) bond motifs is 1. The number of hydrogen-bond donors (Lipinski definition) is 1. The lowest BCUT2D eigenvalue weighted by atomic mass is 10.0. The van der Waals surface area contributed by atoms with Gasteiger partial charge in [0.2, 0.25) is 5.91 Å². The van der Waals surface area contributed by atoms with Crippen molar-refractivity contribution in [2.45, 2.75) is 40.3 Å². The molecule has 0 aliphatic carbocycles. The van der Waals surface area contributed by atoms with Crippen molar-refractivity contribution in [2.24, 2.45) is 0 Å². The fourth-order valence-corrected chi connectivity index (χ4v) is 3.04. The molecule has 0 radical (unpaired) electrons. The molecule has 1 amide bonds. The summed E-state index contributed by atoms with van der Waals surface area (Å²) in [5.41, 5.74) is 6.29. The Bertz CT molecular complexity index is 911. The number of furan rings is 1. The van der Waals surface area contributed by atoms with Crippen LogP contribution in [0.15, 0.2) is 47.1 Å². The predicted octanol–water partition coefficient (Wildman–Crippen LogP) is 4.45. The fourth-order valence-electron chi connectivity index (χ4n) is 3.04. The summed E-state index contributed by atoms with van der Waals surface area (Å²) < 4.78 is 11.2. The van der Waals surface area contributed by atoms with Crippen molar-refractivity contribution in [3.05, 3.63) is 70.5 Å². The summed E-state index contributed by atoms with van der Waals surface area (Å²) in [5, 5.41) is 4.02. The molecule has 0 unspecified atom stereocenters. The molecule has 3 aromatic rings. The van der Waals surface area contributed by atoms with E-state index in [1.54, 1.807) is 6.26 Å². The van der Waals surface area contributed by atoms with Crippen LogP contribution in [0.25, 0.3) is 11.0 Å². The first-order chi connectivity index (χ1) is 12.6. The molecule has 2 aromatic carbocycles. The van der Waals surface area contributed by atoms with E-state index < -0.39 is 0 Å². The third kappa shape index (κ3) is 3.97. The zero-order valence-electron chi connectivity index (χ0n) is 15.6. The highest BCUT2D eigenvalue weighted by Crippen LogP contribution is 2.26. The minimum Gasteiger partial charge on any atom is -0.464 e. The summed E-state index contributed by atoms with van der Waals surface area (Å²) in [7, 11) is 0. The van der Waals surface area contributed by atoms with Gasteiger partial charge in [-0.25, -0.2) is 0 Å². The standard InChI is InChI=1S/C22H25NO3/c1-4-25-13-18-8-6-5-7-17(18)12-23-21(24)11-19-14-26-22-16(3)15(2)9-10-20(19)22/h5-10,14H,4,11-13H2,1-3H3,(H,23,24). The van der Waals surface area contributed by atoms with Gasteiger partial charge in [0.1, 0.15) is 5.58 Å². The minimum absolute atomic E-state index is 0.0165. The highest BCUT2D eigenvalue weighted by molar-refractivity contribution is 5.89. The maximum Gasteiger partial charge on any atom is 0.224 e. The van der Waals surface area contributed by atoms with Crippen molar-refractivity contribution in [3.63, 3.8) is 0 Å². The van der Waals surface area contributed by atoms with Crippen LogP contribution in [0, 0.1) is 13.8 Å². The van der Waals surface area contributed by atoms with E-state index in [2.05, 4.69) is 18.3 Å². The van der Waals surface area contributed by atoms with E-state index in [1.165, 1.54) is 5.56 Å². The molecule has 26 heavy (non-hydrogen) atoms. The highest BCUT2D eigenvalue weighted by atomic mass is 16.5. The molecule has 0 aliphatic heterocycles. The Balaban J connectivity index is 1.66. The Labute approximate surface area is 154 Å². The Kier molecular flexibility index (Phi) is 5.74. The first-order valence-corrected chi connectivity index (χ1v) is 8.97. The molecule has 1 N–H and O–H groups in total. The van der Waals surface area contributed by atoms with Crippen molar-refractivity contribution in [1.82, 2.24) is 5.32 Å². The van der Waals surface area contributed by atoms with Crippen LogP contribution in [0.2, 0.25) is 0 Å². The number of hydrogen-bond acceptors (Lipinski definition) is 3. The number of aryl methyl sites for hydroxylation is 2. The topological polar surface area (TPSA) is 51.5 Å². The zero-order chi connectivity index (χ0) is 18.5. The van der Waals surface area contributed by atoms with E-state index in [0.29, 0.717) is 26.2 Å². The molecule has 1 heterocycles. The van der Waals surface area contributed by atoms with Gasteiger partial charge in [-0.05, 0) is 43.0 Å². The first-order valence-electron chi connectivity index (χ1n) is 8.97. The van der Waals surface area contributed by atoms with Gasteiger partial charge in [-0.3, -0.25) is 4.79 Å². The molecule has 0 aliphatic rings. The largest absolute Gasteiger partial charge is 0.464 e. The van der Waals surface area contributed by atoms with Crippen molar-refractivity contribution in [1.29, 1.82) is 0 Å². The number of carbonyl (C=O) groups is 1. The van der Waals surface area contributed by atoms with Gasteiger partial charge in [-0.2, -0.15) is 0 Å². The number of carbonyl (C=O) groups excluding carboxylic acids is 1. The average molecular weight is 351 g/mol. The Hall–Kier alpha value is -2.59. The maximum atomic E-state index is 12.4. The second-order valence-corrected chi connectivity index (χ2v) is 6.50. The van der Waals surface area contributed by atoms with Crippen molar-refractivity contribution >= 4 is 16.9 Å². The van der Waals surface area contributed by atoms with E-state index in [0.717, 1.165) is 33.2 Å². The summed E-state index contributed by atoms with van der Waals surface area (Å²) in [6.07, 6.45) is 2.00. The van der Waals surface area contributed by atoms with E-state index in [1.807, 2.05) is 44.2 Å². The van der Waals surface area contributed by atoms with E-state index in [4.69, 9.17) is 9.15 Å². The summed E-state index contributed by atoms with van der Waals surface area (Å²) in [6, 6.07) is 12.1. The van der Waals surface area contributed by atoms with Gasteiger partial charge in [0.15, 0.2) is 0 Å². The smallest absolute Gasteiger partial charge is 0.224 e. The van der Waals surface area contributed by atoms with E-state index in [-0.39, 0.29) is 5.91 Å². The third-order valence-electron chi connectivity index (χ3n) is 4.75. The number of ether oxygens (including phenoxy) is 1. The van der Waals surface area contributed by atoms with Gasteiger partial charge in [-0.15, -0.1) is 0 Å². The second kappa shape index (κ2) is 8.19. The maximum absolute atomic E-state index is 12.4. The number of benzene rings is 2. The molecule has 4 heteroatoms. The van der Waals surface area contributed by atoms with Crippen LogP contribution in [-0.4, -0.2) is 12.5 Å². The van der Waals surface area contributed by atoms with Gasteiger partial charge >= 0.3 is 0 Å². The van der Waals surface area contributed by atoms with Crippen LogP contribution in [-0.2, 0) is 29.1 Å². The van der Waals surface area contributed by atoms with Crippen LogP contribution in [0.5, 0.6) is 0 Å². The monoisotopic (exact) mass is 351 g/mol.